The normalized spacial score (nSPS) is 13.1. The van der Waals surface area contributed by atoms with E-state index in [9.17, 15) is 0 Å². The maximum absolute atomic E-state index is 2.44. The minimum atomic E-state index is -0.245. The molecule has 0 saturated heterocycles. The number of rotatable bonds is 5. The van der Waals surface area contributed by atoms with Gasteiger partial charge in [0.05, 0.1) is 11.4 Å². The fourth-order valence-electron chi connectivity index (χ4n) is 7.14. The van der Waals surface area contributed by atoms with Crippen LogP contribution in [0.1, 0.15) is 25.0 Å². The molecule has 0 saturated carbocycles. The lowest BCUT2D eigenvalue weighted by molar-refractivity contribution is 0.632. The molecular formula is C45H35N. The highest BCUT2D eigenvalue weighted by Gasteiger charge is 2.37. The molecule has 0 N–H and O–H groups in total. The van der Waals surface area contributed by atoms with Gasteiger partial charge in [0.15, 0.2) is 0 Å². The lowest BCUT2D eigenvalue weighted by Crippen LogP contribution is -2.30. The summed E-state index contributed by atoms with van der Waals surface area (Å²) in [7, 11) is 0. The van der Waals surface area contributed by atoms with Gasteiger partial charge < -0.3 is 4.90 Å². The Balaban J connectivity index is 1.33. The van der Waals surface area contributed by atoms with Gasteiger partial charge >= 0.3 is 0 Å². The summed E-state index contributed by atoms with van der Waals surface area (Å²) in [6.45, 7) is 4.76. The average Bonchev–Trinajstić information content (AvgIpc) is 3.13. The fourth-order valence-corrected chi connectivity index (χ4v) is 7.14. The Morgan fingerprint density at radius 1 is 0.348 bits per heavy atom. The third-order valence-corrected chi connectivity index (χ3v) is 9.48. The van der Waals surface area contributed by atoms with E-state index in [1.54, 1.807) is 0 Å². The first-order valence-electron chi connectivity index (χ1n) is 16.0. The second-order valence-electron chi connectivity index (χ2n) is 12.6. The summed E-state index contributed by atoms with van der Waals surface area (Å²) in [5.74, 6) is 0. The molecule has 8 rings (SSSR count). The van der Waals surface area contributed by atoms with Crippen LogP contribution in [0.2, 0.25) is 0 Å². The van der Waals surface area contributed by atoms with Gasteiger partial charge in [-0.25, -0.2) is 0 Å². The highest BCUT2D eigenvalue weighted by molar-refractivity contribution is 5.92. The SMILES string of the molecule is CC1(C)c2cc(-c3ccccc3-c3ccccc3)ccc2N(c2ccccc2)c2ccc(-c3ccccc3-c3ccccc3)cc21. The number of benzene rings is 7. The van der Waals surface area contributed by atoms with E-state index < -0.39 is 0 Å². The number of nitrogens with zero attached hydrogens (tertiary/aromatic N) is 1. The minimum absolute atomic E-state index is 0.245. The van der Waals surface area contributed by atoms with Gasteiger partial charge in [-0.2, -0.15) is 0 Å². The van der Waals surface area contributed by atoms with Crippen molar-refractivity contribution in [2.45, 2.75) is 19.3 Å². The maximum Gasteiger partial charge on any atom is 0.0503 e. The molecule has 7 aromatic rings. The lowest BCUT2D eigenvalue weighted by Gasteiger charge is -2.42. The molecule has 46 heavy (non-hydrogen) atoms. The van der Waals surface area contributed by atoms with Gasteiger partial charge in [-0.15, -0.1) is 0 Å². The Bertz CT molecular complexity index is 2020. The van der Waals surface area contributed by atoms with E-state index in [4.69, 9.17) is 0 Å². The smallest absolute Gasteiger partial charge is 0.0503 e. The molecule has 1 aliphatic rings. The van der Waals surface area contributed by atoms with E-state index in [0.29, 0.717) is 0 Å². The van der Waals surface area contributed by atoms with E-state index in [1.165, 1.54) is 67.0 Å². The molecule has 220 valence electrons. The highest BCUT2D eigenvalue weighted by atomic mass is 15.2. The number of fused-ring (bicyclic) bond motifs is 2. The first-order valence-corrected chi connectivity index (χ1v) is 16.0. The molecule has 0 aliphatic carbocycles. The molecule has 1 nitrogen and oxygen atoms in total. The molecule has 1 heterocycles. The van der Waals surface area contributed by atoms with Crippen LogP contribution in [-0.2, 0) is 5.41 Å². The first-order chi connectivity index (χ1) is 22.6. The van der Waals surface area contributed by atoms with Crippen LogP contribution >= 0.6 is 0 Å². The van der Waals surface area contributed by atoms with E-state index in [1.807, 2.05) is 0 Å². The Labute approximate surface area is 272 Å². The van der Waals surface area contributed by atoms with E-state index in [0.717, 1.165) is 5.69 Å². The van der Waals surface area contributed by atoms with Gasteiger partial charge in [0, 0.05) is 11.1 Å². The minimum Gasteiger partial charge on any atom is -0.310 e. The predicted octanol–water partition coefficient (Wildman–Crippen LogP) is 12.5. The first kappa shape index (κ1) is 27.9. The molecule has 0 atom stereocenters. The van der Waals surface area contributed by atoms with Gasteiger partial charge in [0.25, 0.3) is 0 Å². The molecule has 0 aromatic heterocycles. The molecule has 0 spiro atoms. The zero-order valence-electron chi connectivity index (χ0n) is 26.2. The largest absolute Gasteiger partial charge is 0.310 e. The fraction of sp³-hybridized carbons (Fsp3) is 0.0667. The van der Waals surface area contributed by atoms with Crippen molar-refractivity contribution in [3.63, 3.8) is 0 Å². The monoisotopic (exact) mass is 589 g/mol. The molecule has 0 fully saturated rings. The molecule has 0 bridgehead atoms. The van der Waals surface area contributed by atoms with Crippen LogP contribution < -0.4 is 4.90 Å². The third kappa shape index (κ3) is 4.73. The van der Waals surface area contributed by atoms with Gasteiger partial charge in [0.2, 0.25) is 0 Å². The van der Waals surface area contributed by atoms with Crippen molar-refractivity contribution in [2.75, 3.05) is 4.90 Å². The zero-order valence-corrected chi connectivity index (χ0v) is 26.2. The number of anilines is 3. The molecule has 0 radical (unpaired) electrons. The summed E-state index contributed by atoms with van der Waals surface area (Å²) in [5.41, 5.74) is 15.9. The molecule has 0 amide bonds. The standard InChI is InChI=1S/C45H35N/c1-45(2)41-30-34(39-24-14-12-22-37(39)32-16-6-3-7-17-32)26-28-43(41)46(36-20-10-5-11-21-36)44-29-27-35(31-42(44)45)40-25-15-13-23-38(40)33-18-8-4-9-19-33/h3-31H,1-2H3. The summed E-state index contributed by atoms with van der Waals surface area (Å²) in [6, 6.07) is 63.8. The molecule has 1 aliphatic heterocycles. The Morgan fingerprint density at radius 3 is 1.11 bits per heavy atom. The van der Waals surface area contributed by atoms with Crippen molar-refractivity contribution in [2.24, 2.45) is 0 Å². The summed E-state index contributed by atoms with van der Waals surface area (Å²) in [5, 5.41) is 0. The third-order valence-electron chi connectivity index (χ3n) is 9.48. The van der Waals surface area contributed by atoms with Crippen LogP contribution in [0.25, 0.3) is 44.5 Å². The van der Waals surface area contributed by atoms with Gasteiger partial charge in [-0.05, 0) is 92.0 Å². The van der Waals surface area contributed by atoms with Crippen LogP contribution in [-0.4, -0.2) is 0 Å². The predicted molar refractivity (Wildman–Crippen MR) is 195 cm³/mol. The number of para-hydroxylation sites is 1. The second-order valence-corrected chi connectivity index (χ2v) is 12.6. The summed E-state index contributed by atoms with van der Waals surface area (Å²) >= 11 is 0. The molecule has 1 heteroatoms. The Hall–Kier alpha value is -5.66. The quantitative estimate of drug-likeness (QED) is 0.193. The van der Waals surface area contributed by atoms with E-state index in [-0.39, 0.29) is 5.41 Å². The van der Waals surface area contributed by atoms with Crippen molar-refractivity contribution in [3.05, 3.63) is 187 Å². The van der Waals surface area contributed by atoms with Crippen molar-refractivity contribution >= 4 is 17.1 Å². The van der Waals surface area contributed by atoms with Crippen LogP contribution in [0.3, 0.4) is 0 Å². The summed E-state index contributed by atoms with van der Waals surface area (Å²) < 4.78 is 0. The number of hydrogen-bond donors (Lipinski definition) is 0. The Kier molecular flexibility index (Phi) is 6.88. The summed E-state index contributed by atoms with van der Waals surface area (Å²) in [6.07, 6.45) is 0. The van der Waals surface area contributed by atoms with Crippen LogP contribution in [0.15, 0.2) is 176 Å². The zero-order chi connectivity index (χ0) is 31.1. The molecule has 0 unspecified atom stereocenters. The average molecular weight is 590 g/mol. The Morgan fingerprint density at radius 2 is 0.696 bits per heavy atom. The van der Waals surface area contributed by atoms with Crippen molar-refractivity contribution < 1.29 is 0 Å². The van der Waals surface area contributed by atoms with Crippen LogP contribution in [0, 0.1) is 0 Å². The van der Waals surface area contributed by atoms with Gasteiger partial charge in [-0.1, -0.05) is 153 Å². The van der Waals surface area contributed by atoms with Gasteiger partial charge in [-0.3, -0.25) is 0 Å². The van der Waals surface area contributed by atoms with E-state index >= 15 is 0 Å². The molecule has 7 aromatic carbocycles. The van der Waals surface area contributed by atoms with Crippen molar-refractivity contribution in [3.8, 4) is 44.5 Å². The van der Waals surface area contributed by atoms with Crippen molar-refractivity contribution in [1.29, 1.82) is 0 Å². The number of hydrogen-bond acceptors (Lipinski definition) is 1. The van der Waals surface area contributed by atoms with Crippen LogP contribution in [0.4, 0.5) is 17.1 Å². The van der Waals surface area contributed by atoms with Crippen molar-refractivity contribution in [1.82, 2.24) is 0 Å². The maximum atomic E-state index is 2.44. The second kappa shape index (κ2) is 11.4. The van der Waals surface area contributed by atoms with E-state index in [2.05, 4.69) is 195 Å². The lowest BCUT2D eigenvalue weighted by atomic mass is 9.72. The molecular weight excluding hydrogens is 555 g/mol. The highest BCUT2D eigenvalue weighted by Crippen LogP contribution is 2.54. The van der Waals surface area contributed by atoms with Crippen LogP contribution in [0.5, 0.6) is 0 Å². The van der Waals surface area contributed by atoms with Gasteiger partial charge in [0.1, 0.15) is 0 Å². The topological polar surface area (TPSA) is 3.24 Å². The summed E-state index contributed by atoms with van der Waals surface area (Å²) in [4.78, 5) is 2.44.